The van der Waals surface area contributed by atoms with E-state index in [2.05, 4.69) is 20.6 Å². The Balaban J connectivity index is 1.45. The Hall–Kier alpha value is -3.21. The van der Waals surface area contributed by atoms with Crippen LogP contribution in [0.1, 0.15) is 15.4 Å². The number of H-pyrrole nitrogens is 1. The lowest BCUT2D eigenvalue weighted by atomic mass is 10.1. The number of benzene rings is 1. The van der Waals surface area contributed by atoms with Gasteiger partial charge in [-0.3, -0.25) is 14.4 Å². The van der Waals surface area contributed by atoms with Crippen LogP contribution in [-0.4, -0.2) is 53.5 Å². The van der Waals surface area contributed by atoms with Crippen LogP contribution in [0.4, 0.5) is 11.4 Å². The molecule has 32 heavy (non-hydrogen) atoms. The molecular formula is C21H20ClN5O4S. The molecule has 0 spiro atoms. The number of rotatable bonds is 7. The number of halogens is 1. The monoisotopic (exact) mass is 473 g/mol. The summed E-state index contributed by atoms with van der Waals surface area (Å²) in [6.07, 6.45) is 3.34. The molecule has 1 aromatic carbocycles. The molecule has 0 bridgehead atoms. The van der Waals surface area contributed by atoms with E-state index in [1.54, 1.807) is 47.5 Å². The van der Waals surface area contributed by atoms with E-state index in [1.165, 1.54) is 6.33 Å². The number of ether oxygens (including phenoxy) is 1. The number of thiophene rings is 1. The number of carbonyl (C=O) groups is 3. The van der Waals surface area contributed by atoms with E-state index < -0.39 is 6.04 Å². The van der Waals surface area contributed by atoms with Crippen molar-refractivity contribution in [3.05, 3.63) is 63.8 Å². The van der Waals surface area contributed by atoms with Crippen LogP contribution in [0.25, 0.3) is 0 Å². The van der Waals surface area contributed by atoms with Crippen molar-refractivity contribution in [1.29, 1.82) is 0 Å². The maximum Gasteiger partial charge on any atom is 0.262 e. The first kappa shape index (κ1) is 22.0. The summed E-state index contributed by atoms with van der Waals surface area (Å²) in [6.45, 7) is 1.02. The summed E-state index contributed by atoms with van der Waals surface area (Å²) in [7, 11) is 0. The minimum atomic E-state index is -0.843. The van der Waals surface area contributed by atoms with Gasteiger partial charge < -0.3 is 25.3 Å². The first-order valence-corrected chi connectivity index (χ1v) is 11.0. The first-order valence-electron chi connectivity index (χ1n) is 9.82. The van der Waals surface area contributed by atoms with Gasteiger partial charge in [-0.15, -0.1) is 11.3 Å². The van der Waals surface area contributed by atoms with Gasteiger partial charge in [0.1, 0.15) is 12.6 Å². The van der Waals surface area contributed by atoms with Gasteiger partial charge in [0.25, 0.3) is 11.8 Å². The third-order valence-corrected chi connectivity index (χ3v) is 6.06. The van der Waals surface area contributed by atoms with Crippen LogP contribution in [0.3, 0.4) is 0 Å². The lowest BCUT2D eigenvalue weighted by Crippen LogP contribution is -2.45. The summed E-state index contributed by atoms with van der Waals surface area (Å²) in [6, 6.07) is 9.34. The number of carbonyl (C=O) groups excluding carboxylic acids is 3. The third kappa shape index (κ3) is 5.34. The van der Waals surface area contributed by atoms with Crippen LogP contribution in [-0.2, 0) is 20.7 Å². The molecule has 3 N–H and O–H groups in total. The number of nitrogens with one attached hydrogen (secondary N) is 3. The summed E-state index contributed by atoms with van der Waals surface area (Å²) in [5.74, 6) is -0.877. The normalized spacial score (nSPS) is 14.8. The van der Waals surface area contributed by atoms with Crippen molar-refractivity contribution >= 4 is 52.0 Å². The average Bonchev–Trinajstić information content (AvgIpc) is 3.46. The fourth-order valence-corrected chi connectivity index (χ4v) is 4.18. The zero-order valence-electron chi connectivity index (χ0n) is 16.8. The second kappa shape index (κ2) is 9.94. The van der Waals surface area contributed by atoms with Gasteiger partial charge >= 0.3 is 0 Å². The van der Waals surface area contributed by atoms with Crippen molar-refractivity contribution in [2.75, 3.05) is 30.0 Å². The summed E-state index contributed by atoms with van der Waals surface area (Å²) in [5.41, 5.74) is 1.98. The average molecular weight is 474 g/mol. The molecule has 1 atom stereocenters. The van der Waals surface area contributed by atoms with Gasteiger partial charge in [-0.2, -0.15) is 0 Å². The predicted molar refractivity (Wildman–Crippen MR) is 121 cm³/mol. The smallest absolute Gasteiger partial charge is 0.262 e. The standard InChI is InChI=1S/C21H20ClN5O4S/c22-18-6-5-17(32-18)21(30)26-16(9-14-10-23-12-24-14)20(29)25-13-1-3-15(4-2-13)27-7-8-31-11-19(27)28/h1-6,10,12,16H,7-9,11H2,(H,23,24)(H,25,29)(H,26,30)/t16-/m1/s1. The maximum atomic E-state index is 13.0. The molecule has 4 rings (SSSR count). The predicted octanol–water partition coefficient (Wildman–Crippen LogP) is 2.47. The molecule has 9 nitrogen and oxygen atoms in total. The number of hydrogen-bond donors (Lipinski definition) is 3. The maximum absolute atomic E-state index is 13.0. The number of nitrogens with zero attached hydrogens (tertiary/aromatic N) is 2. The number of imidazole rings is 1. The molecule has 3 aromatic rings. The number of hydrogen-bond acceptors (Lipinski definition) is 6. The van der Waals surface area contributed by atoms with E-state index in [0.29, 0.717) is 33.7 Å². The molecule has 2 aromatic heterocycles. The molecular weight excluding hydrogens is 454 g/mol. The first-order chi connectivity index (χ1) is 15.5. The minimum Gasteiger partial charge on any atom is -0.370 e. The Kier molecular flexibility index (Phi) is 6.84. The highest BCUT2D eigenvalue weighted by molar-refractivity contribution is 7.18. The highest BCUT2D eigenvalue weighted by atomic mass is 35.5. The fourth-order valence-electron chi connectivity index (χ4n) is 3.24. The topological polar surface area (TPSA) is 116 Å². The van der Waals surface area contributed by atoms with Crippen LogP contribution in [0, 0.1) is 0 Å². The lowest BCUT2D eigenvalue weighted by Gasteiger charge is -2.27. The Morgan fingerprint density at radius 3 is 2.72 bits per heavy atom. The molecule has 0 aliphatic carbocycles. The number of aromatic nitrogens is 2. The minimum absolute atomic E-state index is 0.0585. The number of anilines is 2. The zero-order valence-corrected chi connectivity index (χ0v) is 18.4. The molecule has 3 amide bonds. The highest BCUT2D eigenvalue weighted by Gasteiger charge is 2.24. The van der Waals surface area contributed by atoms with E-state index in [1.807, 2.05) is 0 Å². The van der Waals surface area contributed by atoms with E-state index in [4.69, 9.17) is 16.3 Å². The molecule has 0 saturated carbocycles. The zero-order chi connectivity index (χ0) is 22.5. The summed E-state index contributed by atoms with van der Waals surface area (Å²) >= 11 is 7.06. The molecule has 11 heteroatoms. The van der Waals surface area contributed by atoms with E-state index in [-0.39, 0.29) is 30.7 Å². The number of aromatic amines is 1. The van der Waals surface area contributed by atoms with E-state index in [0.717, 1.165) is 17.0 Å². The Bertz CT molecular complexity index is 1100. The highest BCUT2D eigenvalue weighted by Crippen LogP contribution is 2.22. The van der Waals surface area contributed by atoms with Gasteiger partial charge in [0.2, 0.25) is 5.91 Å². The molecule has 3 heterocycles. The van der Waals surface area contributed by atoms with Crippen LogP contribution < -0.4 is 15.5 Å². The van der Waals surface area contributed by atoms with Crippen molar-refractivity contribution in [2.24, 2.45) is 0 Å². The Morgan fingerprint density at radius 2 is 2.06 bits per heavy atom. The largest absolute Gasteiger partial charge is 0.370 e. The summed E-state index contributed by atoms with van der Waals surface area (Å²) < 4.78 is 5.64. The van der Waals surface area contributed by atoms with Gasteiger partial charge in [0.15, 0.2) is 0 Å². The van der Waals surface area contributed by atoms with Gasteiger partial charge in [-0.1, -0.05) is 11.6 Å². The van der Waals surface area contributed by atoms with Gasteiger partial charge in [0, 0.05) is 36.2 Å². The third-order valence-electron chi connectivity index (χ3n) is 4.83. The van der Waals surface area contributed by atoms with Crippen molar-refractivity contribution in [3.63, 3.8) is 0 Å². The quantitative estimate of drug-likeness (QED) is 0.487. The molecule has 1 aliphatic rings. The Labute approximate surface area is 192 Å². The fraction of sp³-hybridized carbons (Fsp3) is 0.238. The van der Waals surface area contributed by atoms with Crippen molar-refractivity contribution < 1.29 is 19.1 Å². The molecule has 1 aliphatic heterocycles. The Morgan fingerprint density at radius 1 is 1.25 bits per heavy atom. The van der Waals surface area contributed by atoms with Crippen molar-refractivity contribution in [2.45, 2.75) is 12.5 Å². The van der Waals surface area contributed by atoms with Crippen LogP contribution in [0.2, 0.25) is 4.34 Å². The van der Waals surface area contributed by atoms with Gasteiger partial charge in [-0.05, 0) is 36.4 Å². The van der Waals surface area contributed by atoms with E-state index >= 15 is 0 Å². The molecule has 1 fully saturated rings. The van der Waals surface area contributed by atoms with Crippen molar-refractivity contribution in [3.8, 4) is 0 Å². The molecule has 0 radical (unpaired) electrons. The summed E-state index contributed by atoms with van der Waals surface area (Å²) in [5, 5.41) is 5.58. The van der Waals surface area contributed by atoms with Crippen LogP contribution >= 0.6 is 22.9 Å². The lowest BCUT2D eigenvalue weighted by molar-refractivity contribution is -0.125. The summed E-state index contributed by atoms with van der Waals surface area (Å²) in [4.78, 5) is 46.5. The molecule has 0 unspecified atom stereocenters. The van der Waals surface area contributed by atoms with Gasteiger partial charge in [0.05, 0.1) is 22.1 Å². The second-order valence-electron chi connectivity index (χ2n) is 7.04. The number of morpholine rings is 1. The van der Waals surface area contributed by atoms with Gasteiger partial charge in [-0.25, -0.2) is 4.98 Å². The van der Waals surface area contributed by atoms with Crippen LogP contribution in [0.5, 0.6) is 0 Å². The molecule has 1 saturated heterocycles. The molecule has 166 valence electrons. The van der Waals surface area contributed by atoms with Crippen LogP contribution in [0.15, 0.2) is 48.9 Å². The number of amides is 3. The van der Waals surface area contributed by atoms with E-state index in [9.17, 15) is 14.4 Å². The SMILES string of the molecule is O=C(N[C@H](Cc1cnc[nH]1)C(=O)Nc1ccc(N2CCOCC2=O)cc1)c1ccc(Cl)s1. The van der Waals surface area contributed by atoms with Crippen molar-refractivity contribution in [1.82, 2.24) is 15.3 Å². The second-order valence-corrected chi connectivity index (χ2v) is 8.76.